The van der Waals surface area contributed by atoms with Crippen LogP contribution in [-0.2, 0) is 5.41 Å². The minimum absolute atomic E-state index is 0.0274. The normalized spacial score (nSPS) is 17.8. The quantitative estimate of drug-likeness (QED) is 0.921. The Morgan fingerprint density at radius 3 is 2.45 bits per heavy atom. The average Bonchev–Trinajstić information content (AvgIpc) is 2.34. The predicted molar refractivity (Wildman–Crippen MR) is 82.9 cm³/mol. The maximum Gasteiger partial charge on any atom is 0.254 e. The Labute approximate surface area is 122 Å². The number of hydrogen-bond donors (Lipinski definition) is 1. The summed E-state index contributed by atoms with van der Waals surface area (Å²) in [6.45, 7) is 9.91. The van der Waals surface area contributed by atoms with E-state index in [1.807, 2.05) is 23.1 Å². The van der Waals surface area contributed by atoms with Crippen LogP contribution in [0.25, 0.3) is 0 Å². The largest absolute Gasteiger partial charge is 0.335 e. The molecule has 0 unspecified atom stereocenters. The van der Waals surface area contributed by atoms with Crippen LogP contribution in [0.15, 0.2) is 24.3 Å². The van der Waals surface area contributed by atoms with Crippen LogP contribution in [0.2, 0.25) is 0 Å². The van der Waals surface area contributed by atoms with E-state index in [0.29, 0.717) is 13.1 Å². The molecule has 20 heavy (non-hydrogen) atoms. The number of benzene rings is 1. The summed E-state index contributed by atoms with van der Waals surface area (Å²) in [5.74, 6) is 0.118. The van der Waals surface area contributed by atoms with Gasteiger partial charge < -0.3 is 10.6 Å². The van der Waals surface area contributed by atoms with E-state index in [0.717, 1.165) is 24.0 Å². The Morgan fingerprint density at radius 2 is 1.90 bits per heavy atom. The van der Waals surface area contributed by atoms with Gasteiger partial charge in [0.15, 0.2) is 0 Å². The molecule has 1 fully saturated rings. The average molecular weight is 274 g/mol. The summed E-state index contributed by atoms with van der Waals surface area (Å²) in [6, 6.07) is 7.91. The molecule has 0 spiro atoms. The van der Waals surface area contributed by atoms with Gasteiger partial charge in [0, 0.05) is 18.7 Å². The van der Waals surface area contributed by atoms with Crippen molar-refractivity contribution in [1.82, 2.24) is 4.90 Å². The molecule has 110 valence electrons. The third kappa shape index (κ3) is 2.88. The fraction of sp³-hybridized carbons (Fsp3) is 0.588. The lowest BCUT2D eigenvalue weighted by molar-refractivity contribution is 0.0384. The van der Waals surface area contributed by atoms with E-state index in [4.69, 9.17) is 5.73 Å². The van der Waals surface area contributed by atoms with E-state index in [1.54, 1.807) is 0 Å². The first kappa shape index (κ1) is 15.0. The summed E-state index contributed by atoms with van der Waals surface area (Å²) in [5.41, 5.74) is 7.98. The van der Waals surface area contributed by atoms with Gasteiger partial charge in [-0.3, -0.25) is 4.79 Å². The van der Waals surface area contributed by atoms with Crippen molar-refractivity contribution in [3.05, 3.63) is 35.4 Å². The summed E-state index contributed by atoms with van der Waals surface area (Å²) in [6.07, 6.45) is 2.05. The highest BCUT2D eigenvalue weighted by molar-refractivity contribution is 5.96. The zero-order valence-electron chi connectivity index (χ0n) is 13.1. The van der Waals surface area contributed by atoms with E-state index in [1.165, 1.54) is 0 Å². The summed E-state index contributed by atoms with van der Waals surface area (Å²) >= 11 is 0. The SMILES string of the molecule is CCCC1(N)CN(C(=O)c2ccccc2C(C)(C)C)C1. The van der Waals surface area contributed by atoms with Crippen molar-refractivity contribution in [2.75, 3.05) is 13.1 Å². The zero-order valence-corrected chi connectivity index (χ0v) is 13.1. The second-order valence-corrected chi connectivity index (χ2v) is 7.07. The van der Waals surface area contributed by atoms with Crippen LogP contribution in [0.1, 0.15) is 56.5 Å². The summed E-state index contributed by atoms with van der Waals surface area (Å²) in [7, 11) is 0. The smallest absolute Gasteiger partial charge is 0.254 e. The zero-order chi connectivity index (χ0) is 15.0. The Balaban J connectivity index is 2.16. The predicted octanol–water partition coefficient (Wildman–Crippen LogP) is 2.94. The molecule has 0 bridgehead atoms. The van der Waals surface area contributed by atoms with Crippen LogP contribution >= 0.6 is 0 Å². The molecule has 1 aromatic carbocycles. The van der Waals surface area contributed by atoms with Gasteiger partial charge in [-0.05, 0) is 23.5 Å². The van der Waals surface area contributed by atoms with Gasteiger partial charge in [0.1, 0.15) is 0 Å². The third-order valence-electron chi connectivity index (χ3n) is 4.01. The van der Waals surface area contributed by atoms with Crippen LogP contribution in [0.5, 0.6) is 0 Å². The molecule has 0 aliphatic carbocycles. The molecular weight excluding hydrogens is 248 g/mol. The molecule has 0 radical (unpaired) electrons. The van der Waals surface area contributed by atoms with E-state index in [2.05, 4.69) is 33.8 Å². The molecule has 1 amide bonds. The lowest BCUT2D eigenvalue weighted by Gasteiger charge is -2.48. The van der Waals surface area contributed by atoms with Crippen molar-refractivity contribution in [1.29, 1.82) is 0 Å². The van der Waals surface area contributed by atoms with Crippen molar-refractivity contribution in [3.63, 3.8) is 0 Å². The highest BCUT2D eigenvalue weighted by Gasteiger charge is 2.41. The first-order chi connectivity index (χ1) is 9.27. The lowest BCUT2D eigenvalue weighted by Crippen LogP contribution is -2.68. The number of nitrogens with two attached hydrogens (primary N) is 1. The van der Waals surface area contributed by atoms with E-state index < -0.39 is 0 Å². The van der Waals surface area contributed by atoms with E-state index >= 15 is 0 Å². The van der Waals surface area contributed by atoms with Crippen LogP contribution in [-0.4, -0.2) is 29.4 Å². The number of rotatable bonds is 3. The number of nitrogens with zero attached hydrogens (tertiary/aromatic N) is 1. The molecule has 0 aromatic heterocycles. The van der Waals surface area contributed by atoms with Crippen LogP contribution in [0.3, 0.4) is 0 Å². The molecule has 0 atom stereocenters. The van der Waals surface area contributed by atoms with Crippen molar-refractivity contribution >= 4 is 5.91 Å². The third-order valence-corrected chi connectivity index (χ3v) is 4.01. The molecule has 2 N–H and O–H groups in total. The highest BCUT2D eigenvalue weighted by Crippen LogP contribution is 2.30. The Bertz CT molecular complexity index is 496. The monoisotopic (exact) mass is 274 g/mol. The van der Waals surface area contributed by atoms with E-state index in [-0.39, 0.29) is 16.9 Å². The maximum atomic E-state index is 12.7. The molecule has 1 aromatic rings. The van der Waals surface area contributed by atoms with Gasteiger partial charge in [-0.25, -0.2) is 0 Å². The van der Waals surface area contributed by atoms with Gasteiger partial charge in [0.25, 0.3) is 5.91 Å². The fourth-order valence-corrected chi connectivity index (χ4v) is 3.01. The van der Waals surface area contributed by atoms with Crippen molar-refractivity contribution < 1.29 is 4.79 Å². The first-order valence-electron chi connectivity index (χ1n) is 7.44. The number of carbonyl (C=O) groups excluding carboxylic acids is 1. The first-order valence-corrected chi connectivity index (χ1v) is 7.44. The van der Waals surface area contributed by atoms with Crippen LogP contribution < -0.4 is 5.73 Å². The lowest BCUT2D eigenvalue weighted by atomic mass is 9.81. The fourth-order valence-electron chi connectivity index (χ4n) is 3.01. The summed E-state index contributed by atoms with van der Waals surface area (Å²) in [4.78, 5) is 14.5. The summed E-state index contributed by atoms with van der Waals surface area (Å²) in [5, 5.41) is 0. The Kier molecular flexibility index (Phi) is 3.92. The molecule has 3 nitrogen and oxygen atoms in total. The molecule has 2 rings (SSSR count). The van der Waals surface area contributed by atoms with Crippen LogP contribution in [0, 0.1) is 0 Å². The van der Waals surface area contributed by atoms with Gasteiger partial charge in [-0.2, -0.15) is 0 Å². The van der Waals surface area contributed by atoms with Gasteiger partial charge in [-0.1, -0.05) is 52.3 Å². The van der Waals surface area contributed by atoms with Crippen LogP contribution in [0.4, 0.5) is 0 Å². The molecule has 1 aliphatic rings. The second kappa shape index (κ2) is 5.21. The minimum Gasteiger partial charge on any atom is -0.335 e. The molecule has 0 saturated carbocycles. The highest BCUT2D eigenvalue weighted by atomic mass is 16.2. The molecule has 1 heterocycles. The number of carbonyl (C=O) groups is 1. The number of hydrogen-bond acceptors (Lipinski definition) is 2. The van der Waals surface area contributed by atoms with Gasteiger partial charge >= 0.3 is 0 Å². The van der Waals surface area contributed by atoms with Gasteiger partial charge in [0.2, 0.25) is 0 Å². The second-order valence-electron chi connectivity index (χ2n) is 7.07. The van der Waals surface area contributed by atoms with E-state index in [9.17, 15) is 4.79 Å². The Morgan fingerprint density at radius 1 is 1.30 bits per heavy atom. The molecule has 1 aliphatic heterocycles. The van der Waals surface area contributed by atoms with Crippen molar-refractivity contribution in [2.24, 2.45) is 5.73 Å². The molecule has 1 saturated heterocycles. The molecule has 3 heteroatoms. The molecular formula is C17H26N2O. The minimum atomic E-state index is -0.166. The number of likely N-dealkylation sites (tertiary alicyclic amines) is 1. The topological polar surface area (TPSA) is 46.3 Å². The van der Waals surface area contributed by atoms with Gasteiger partial charge in [-0.15, -0.1) is 0 Å². The van der Waals surface area contributed by atoms with Crippen molar-refractivity contribution in [3.8, 4) is 0 Å². The summed E-state index contributed by atoms with van der Waals surface area (Å²) < 4.78 is 0. The van der Waals surface area contributed by atoms with Crippen molar-refractivity contribution in [2.45, 2.75) is 51.5 Å². The number of amides is 1. The standard InChI is InChI=1S/C17H26N2O/c1-5-10-17(18)11-19(12-17)15(20)13-8-6-7-9-14(13)16(2,3)4/h6-9H,5,10-12,18H2,1-4H3. The van der Waals surface area contributed by atoms with Gasteiger partial charge in [0.05, 0.1) is 5.54 Å². The Hall–Kier alpha value is -1.35. The maximum absolute atomic E-state index is 12.7.